The number of amides is 2. The van der Waals surface area contributed by atoms with Crippen molar-refractivity contribution in [3.8, 4) is 5.75 Å². The molecular formula is C19H21N3O3. The number of carbonyl (C=O) groups is 2. The molecule has 0 bridgehead atoms. The average Bonchev–Trinajstić information content (AvgIpc) is 3.20. The van der Waals surface area contributed by atoms with E-state index >= 15 is 0 Å². The van der Waals surface area contributed by atoms with E-state index in [9.17, 15) is 9.59 Å². The maximum Gasteiger partial charge on any atom is 0.255 e. The molecule has 6 heteroatoms. The topological polar surface area (TPSA) is 71.5 Å². The third-order valence-corrected chi connectivity index (χ3v) is 4.27. The van der Waals surface area contributed by atoms with Crippen molar-refractivity contribution in [1.82, 2.24) is 15.2 Å². The molecule has 2 heterocycles. The summed E-state index contributed by atoms with van der Waals surface area (Å²) in [6.45, 7) is 1.87. The van der Waals surface area contributed by atoms with Gasteiger partial charge in [-0.15, -0.1) is 0 Å². The van der Waals surface area contributed by atoms with Crippen LogP contribution in [-0.2, 0) is 6.54 Å². The number of nitrogens with zero attached hydrogens (tertiary/aromatic N) is 2. The molecule has 0 unspecified atom stereocenters. The first-order valence-electron chi connectivity index (χ1n) is 8.33. The number of likely N-dealkylation sites (tertiary alicyclic amines) is 1. The van der Waals surface area contributed by atoms with Gasteiger partial charge < -0.3 is 15.0 Å². The number of ether oxygens (including phenoxy) is 1. The van der Waals surface area contributed by atoms with E-state index in [1.54, 1.807) is 18.1 Å². The number of hydrogen-bond donors (Lipinski definition) is 1. The molecule has 6 nitrogen and oxygen atoms in total. The Balaban J connectivity index is 1.68. The summed E-state index contributed by atoms with van der Waals surface area (Å²) in [5.41, 5.74) is 1.71. The molecule has 1 aromatic carbocycles. The van der Waals surface area contributed by atoms with Crippen LogP contribution in [0.1, 0.15) is 39.1 Å². The van der Waals surface area contributed by atoms with Crippen LogP contribution in [0.3, 0.4) is 0 Å². The summed E-state index contributed by atoms with van der Waals surface area (Å²) in [5, 5.41) is 2.84. The van der Waals surface area contributed by atoms with Gasteiger partial charge in [-0.3, -0.25) is 14.6 Å². The molecule has 1 N–H and O–H groups in total. The van der Waals surface area contributed by atoms with Crippen molar-refractivity contribution < 1.29 is 14.3 Å². The predicted molar refractivity (Wildman–Crippen MR) is 93.5 cm³/mol. The number of aromatic nitrogens is 1. The van der Waals surface area contributed by atoms with Crippen molar-refractivity contribution in [3.63, 3.8) is 0 Å². The van der Waals surface area contributed by atoms with Crippen molar-refractivity contribution in [3.05, 3.63) is 59.4 Å². The van der Waals surface area contributed by atoms with Gasteiger partial charge in [0.25, 0.3) is 11.8 Å². The van der Waals surface area contributed by atoms with Crippen LogP contribution in [0.5, 0.6) is 5.75 Å². The summed E-state index contributed by atoms with van der Waals surface area (Å²) in [7, 11) is 1.60. The zero-order chi connectivity index (χ0) is 17.6. The van der Waals surface area contributed by atoms with Crippen LogP contribution in [0.2, 0.25) is 0 Å². The quantitative estimate of drug-likeness (QED) is 0.907. The monoisotopic (exact) mass is 339 g/mol. The van der Waals surface area contributed by atoms with Crippen LogP contribution in [-0.4, -0.2) is 41.9 Å². The van der Waals surface area contributed by atoms with Crippen molar-refractivity contribution >= 4 is 11.8 Å². The standard InChI is InChI=1S/C19H21N3O3/c1-25-17-7-3-2-6-14(17)13-21-18(23)15-10-16(12-20-11-15)19(24)22-8-4-5-9-22/h2-3,6-7,10-12H,4-5,8-9,13H2,1H3,(H,21,23). The van der Waals surface area contributed by atoms with Gasteiger partial charge >= 0.3 is 0 Å². The van der Waals surface area contributed by atoms with Crippen molar-refractivity contribution in [1.29, 1.82) is 0 Å². The minimum atomic E-state index is -0.269. The molecular weight excluding hydrogens is 318 g/mol. The SMILES string of the molecule is COc1ccccc1CNC(=O)c1cncc(C(=O)N2CCCC2)c1. The number of pyridine rings is 1. The number of carbonyl (C=O) groups excluding carboxylic acids is 2. The molecule has 2 aromatic rings. The summed E-state index contributed by atoms with van der Waals surface area (Å²) in [6, 6.07) is 9.11. The minimum absolute atomic E-state index is 0.0654. The molecule has 1 aliphatic heterocycles. The molecule has 3 rings (SSSR count). The lowest BCUT2D eigenvalue weighted by Gasteiger charge is -2.15. The van der Waals surface area contributed by atoms with Crippen LogP contribution >= 0.6 is 0 Å². The maximum absolute atomic E-state index is 12.4. The Hall–Kier alpha value is -2.89. The molecule has 1 saturated heterocycles. The van der Waals surface area contributed by atoms with Gasteiger partial charge in [0.2, 0.25) is 0 Å². The lowest BCUT2D eigenvalue weighted by Crippen LogP contribution is -2.28. The molecule has 1 aromatic heterocycles. The first-order valence-corrected chi connectivity index (χ1v) is 8.33. The summed E-state index contributed by atoms with van der Waals surface area (Å²) in [6.07, 6.45) is 5.03. The van der Waals surface area contributed by atoms with Crippen LogP contribution in [0.15, 0.2) is 42.7 Å². The number of hydrogen-bond acceptors (Lipinski definition) is 4. The first-order chi connectivity index (χ1) is 12.2. The first kappa shape index (κ1) is 17.0. The lowest BCUT2D eigenvalue weighted by molar-refractivity contribution is 0.0792. The highest BCUT2D eigenvalue weighted by Gasteiger charge is 2.20. The molecule has 2 amide bonds. The van der Waals surface area contributed by atoms with E-state index in [2.05, 4.69) is 10.3 Å². The number of rotatable bonds is 5. The largest absolute Gasteiger partial charge is 0.496 e. The number of methoxy groups -OCH3 is 1. The second kappa shape index (κ2) is 7.79. The second-order valence-corrected chi connectivity index (χ2v) is 5.96. The van der Waals surface area contributed by atoms with E-state index in [0.717, 1.165) is 37.2 Å². The highest BCUT2D eigenvalue weighted by atomic mass is 16.5. The fraction of sp³-hybridized carbons (Fsp3) is 0.316. The normalized spacial score (nSPS) is 13.6. The van der Waals surface area contributed by atoms with Gasteiger partial charge in [-0.05, 0) is 25.0 Å². The van der Waals surface area contributed by atoms with Gasteiger partial charge in [0.05, 0.1) is 18.2 Å². The molecule has 25 heavy (non-hydrogen) atoms. The molecule has 0 saturated carbocycles. The third-order valence-electron chi connectivity index (χ3n) is 4.27. The fourth-order valence-electron chi connectivity index (χ4n) is 2.91. The predicted octanol–water partition coefficient (Wildman–Crippen LogP) is 2.26. The summed E-state index contributed by atoms with van der Waals surface area (Å²) < 4.78 is 5.28. The van der Waals surface area contributed by atoms with Crippen LogP contribution in [0.25, 0.3) is 0 Å². The van der Waals surface area contributed by atoms with Crippen LogP contribution < -0.4 is 10.1 Å². The smallest absolute Gasteiger partial charge is 0.255 e. The van der Waals surface area contributed by atoms with E-state index in [1.807, 2.05) is 24.3 Å². The fourth-order valence-corrected chi connectivity index (χ4v) is 2.91. The molecule has 1 aliphatic rings. The van der Waals surface area contributed by atoms with E-state index in [0.29, 0.717) is 17.7 Å². The van der Waals surface area contributed by atoms with Crippen LogP contribution in [0.4, 0.5) is 0 Å². The van der Waals surface area contributed by atoms with Gasteiger partial charge in [0.1, 0.15) is 5.75 Å². The van der Waals surface area contributed by atoms with E-state index < -0.39 is 0 Å². The van der Waals surface area contributed by atoms with Gasteiger partial charge in [0.15, 0.2) is 0 Å². The Bertz CT molecular complexity index is 770. The number of para-hydroxylation sites is 1. The minimum Gasteiger partial charge on any atom is -0.496 e. The second-order valence-electron chi connectivity index (χ2n) is 5.96. The molecule has 130 valence electrons. The molecule has 1 fully saturated rings. The molecule has 0 aliphatic carbocycles. The Labute approximate surface area is 146 Å². The highest BCUT2D eigenvalue weighted by Crippen LogP contribution is 2.17. The van der Waals surface area contributed by atoms with Gasteiger partial charge in [-0.25, -0.2) is 0 Å². The van der Waals surface area contributed by atoms with Crippen molar-refractivity contribution in [2.45, 2.75) is 19.4 Å². The summed E-state index contributed by atoms with van der Waals surface area (Å²) in [5.74, 6) is 0.387. The number of nitrogens with one attached hydrogen (secondary N) is 1. The van der Waals surface area contributed by atoms with Crippen molar-refractivity contribution in [2.24, 2.45) is 0 Å². The zero-order valence-electron chi connectivity index (χ0n) is 14.2. The summed E-state index contributed by atoms with van der Waals surface area (Å²) in [4.78, 5) is 30.7. The Morgan fingerprint density at radius 2 is 1.88 bits per heavy atom. The number of benzene rings is 1. The molecule has 0 spiro atoms. The third kappa shape index (κ3) is 3.96. The highest BCUT2D eigenvalue weighted by molar-refractivity contribution is 5.99. The Morgan fingerprint density at radius 1 is 1.16 bits per heavy atom. The zero-order valence-corrected chi connectivity index (χ0v) is 14.2. The van der Waals surface area contributed by atoms with E-state index in [-0.39, 0.29) is 11.8 Å². The molecule has 0 radical (unpaired) electrons. The van der Waals surface area contributed by atoms with Gasteiger partial charge in [-0.2, -0.15) is 0 Å². The molecule has 0 atom stereocenters. The Morgan fingerprint density at radius 3 is 2.64 bits per heavy atom. The average molecular weight is 339 g/mol. The van der Waals surface area contributed by atoms with E-state index in [4.69, 9.17) is 4.74 Å². The van der Waals surface area contributed by atoms with E-state index in [1.165, 1.54) is 12.4 Å². The van der Waals surface area contributed by atoms with Crippen molar-refractivity contribution in [2.75, 3.05) is 20.2 Å². The van der Waals surface area contributed by atoms with Crippen LogP contribution in [0, 0.1) is 0 Å². The maximum atomic E-state index is 12.4. The lowest BCUT2D eigenvalue weighted by atomic mass is 10.1. The van der Waals surface area contributed by atoms with Gasteiger partial charge in [-0.1, -0.05) is 18.2 Å². The Kier molecular flexibility index (Phi) is 5.28. The summed E-state index contributed by atoms with van der Waals surface area (Å²) >= 11 is 0. The van der Waals surface area contributed by atoms with Gasteiger partial charge in [0, 0.05) is 37.6 Å².